The Morgan fingerprint density at radius 2 is 2.11 bits per heavy atom. The predicted octanol–water partition coefficient (Wildman–Crippen LogP) is 3.29. The Morgan fingerprint density at radius 1 is 1.30 bits per heavy atom. The highest BCUT2D eigenvalue weighted by Crippen LogP contribution is 2.65. The summed E-state index contributed by atoms with van der Waals surface area (Å²) in [5, 5.41) is 10.5. The lowest BCUT2D eigenvalue weighted by Gasteiger charge is -2.61. The number of benzene rings is 1. The highest BCUT2D eigenvalue weighted by atomic mass is 16.5. The van der Waals surface area contributed by atoms with Gasteiger partial charge in [-0.25, -0.2) is 0 Å². The number of ether oxygens (including phenoxy) is 1. The van der Waals surface area contributed by atoms with Crippen LogP contribution in [0.5, 0.6) is 11.5 Å². The molecule has 2 heterocycles. The van der Waals surface area contributed by atoms with Gasteiger partial charge in [0.05, 0.1) is 0 Å². The van der Waals surface area contributed by atoms with Crippen molar-refractivity contribution in [1.29, 1.82) is 0 Å². The van der Waals surface area contributed by atoms with Crippen LogP contribution >= 0.6 is 0 Å². The molecule has 1 saturated heterocycles. The van der Waals surface area contributed by atoms with Crippen LogP contribution in [0, 0.1) is 23.7 Å². The summed E-state index contributed by atoms with van der Waals surface area (Å²) in [6, 6.07) is 4.36. The number of ketones is 1. The second-order valence-corrected chi connectivity index (χ2v) is 9.88. The Kier molecular flexibility index (Phi) is 3.21. The van der Waals surface area contributed by atoms with Gasteiger partial charge in [0, 0.05) is 29.5 Å². The van der Waals surface area contributed by atoms with Gasteiger partial charge in [-0.15, -0.1) is 0 Å². The van der Waals surface area contributed by atoms with E-state index in [-0.39, 0.29) is 22.9 Å². The molecule has 5 aliphatic rings. The van der Waals surface area contributed by atoms with Crippen molar-refractivity contribution in [2.45, 2.75) is 63.5 Å². The van der Waals surface area contributed by atoms with E-state index < -0.39 is 6.10 Å². The molecule has 4 heteroatoms. The SMILES string of the molecule is C[C@@H]1C(=O)C2Oc3c(O)ccc4c3C23CCN(CC2CCC2)C(C4)C3[C@H]1C. The van der Waals surface area contributed by atoms with Gasteiger partial charge in [-0.05, 0) is 61.6 Å². The number of rotatable bonds is 2. The van der Waals surface area contributed by atoms with Crippen molar-refractivity contribution in [3.8, 4) is 11.5 Å². The van der Waals surface area contributed by atoms with Gasteiger partial charge in [-0.1, -0.05) is 26.3 Å². The van der Waals surface area contributed by atoms with E-state index in [1.165, 1.54) is 36.9 Å². The van der Waals surface area contributed by atoms with E-state index in [4.69, 9.17) is 4.74 Å². The van der Waals surface area contributed by atoms with Crippen LogP contribution in [0.4, 0.5) is 0 Å². The van der Waals surface area contributed by atoms with Crippen molar-refractivity contribution in [3.63, 3.8) is 0 Å². The molecular formula is C23H29NO3. The lowest BCUT2D eigenvalue weighted by molar-refractivity contribution is -0.152. The van der Waals surface area contributed by atoms with Crippen LogP contribution in [0.2, 0.25) is 0 Å². The molecule has 1 aromatic carbocycles. The normalized spacial score (nSPS) is 42.4. The molecule has 144 valence electrons. The van der Waals surface area contributed by atoms with E-state index in [1.807, 2.05) is 0 Å². The third-order valence-electron chi connectivity index (χ3n) is 8.89. The molecule has 1 spiro atoms. The van der Waals surface area contributed by atoms with Crippen molar-refractivity contribution in [3.05, 3.63) is 23.3 Å². The smallest absolute Gasteiger partial charge is 0.177 e. The number of piperidine rings is 1. The predicted molar refractivity (Wildman–Crippen MR) is 102 cm³/mol. The number of aromatic hydroxyl groups is 1. The zero-order valence-electron chi connectivity index (χ0n) is 16.3. The number of nitrogens with zero attached hydrogens (tertiary/aromatic N) is 1. The molecule has 1 aromatic rings. The monoisotopic (exact) mass is 367 g/mol. The first-order valence-corrected chi connectivity index (χ1v) is 10.8. The molecule has 6 atom stereocenters. The molecule has 0 amide bonds. The first kappa shape index (κ1) is 16.4. The number of phenolic OH excluding ortho intramolecular Hbond substituents is 1. The molecule has 2 bridgehead atoms. The minimum atomic E-state index is -0.399. The fraction of sp³-hybridized carbons (Fsp3) is 0.696. The van der Waals surface area contributed by atoms with Crippen molar-refractivity contribution < 1.29 is 14.6 Å². The average Bonchev–Trinajstić information content (AvgIpc) is 2.96. The Morgan fingerprint density at radius 3 is 2.85 bits per heavy atom. The van der Waals surface area contributed by atoms with Crippen LogP contribution in [0.15, 0.2) is 12.1 Å². The number of carbonyl (C=O) groups is 1. The summed E-state index contributed by atoms with van der Waals surface area (Å²) in [5.74, 6) is 2.76. The molecule has 4 nitrogen and oxygen atoms in total. The molecule has 6 rings (SSSR count). The number of carbonyl (C=O) groups excluding carboxylic acids is 1. The summed E-state index contributed by atoms with van der Waals surface area (Å²) in [7, 11) is 0. The van der Waals surface area contributed by atoms with Gasteiger partial charge in [0.1, 0.15) is 0 Å². The zero-order valence-corrected chi connectivity index (χ0v) is 16.3. The molecular weight excluding hydrogens is 338 g/mol. The highest BCUT2D eigenvalue weighted by molar-refractivity contribution is 5.91. The highest BCUT2D eigenvalue weighted by Gasteiger charge is 2.69. The second kappa shape index (κ2) is 5.28. The van der Waals surface area contributed by atoms with Gasteiger partial charge in [0.15, 0.2) is 23.4 Å². The lowest BCUT2D eigenvalue weighted by Crippen LogP contribution is -2.70. The lowest BCUT2D eigenvalue weighted by atomic mass is 9.47. The molecule has 2 aliphatic heterocycles. The maximum atomic E-state index is 13.3. The Balaban J connectivity index is 1.52. The number of phenols is 1. The third-order valence-corrected chi connectivity index (χ3v) is 8.89. The van der Waals surface area contributed by atoms with Gasteiger partial charge in [0.2, 0.25) is 0 Å². The first-order valence-electron chi connectivity index (χ1n) is 10.8. The number of hydrogen-bond acceptors (Lipinski definition) is 4. The second-order valence-electron chi connectivity index (χ2n) is 9.88. The van der Waals surface area contributed by atoms with E-state index in [0.717, 1.165) is 25.3 Å². The van der Waals surface area contributed by atoms with E-state index in [9.17, 15) is 9.90 Å². The molecule has 4 unspecified atom stereocenters. The molecule has 0 radical (unpaired) electrons. The fourth-order valence-corrected chi connectivity index (χ4v) is 7.25. The molecule has 3 fully saturated rings. The van der Waals surface area contributed by atoms with E-state index in [0.29, 0.717) is 23.6 Å². The van der Waals surface area contributed by atoms with Crippen LogP contribution in [0.3, 0.4) is 0 Å². The van der Waals surface area contributed by atoms with Crippen LogP contribution in [-0.4, -0.2) is 41.0 Å². The Bertz CT molecular complexity index is 831. The average molecular weight is 367 g/mol. The van der Waals surface area contributed by atoms with Crippen molar-refractivity contribution in [2.24, 2.45) is 23.7 Å². The topological polar surface area (TPSA) is 49.8 Å². The van der Waals surface area contributed by atoms with Crippen LogP contribution < -0.4 is 4.74 Å². The summed E-state index contributed by atoms with van der Waals surface area (Å²) in [6.45, 7) is 6.66. The molecule has 27 heavy (non-hydrogen) atoms. The quantitative estimate of drug-likeness (QED) is 0.871. The van der Waals surface area contributed by atoms with Crippen molar-refractivity contribution >= 4 is 5.78 Å². The summed E-state index contributed by atoms with van der Waals surface area (Å²) in [4.78, 5) is 16.0. The summed E-state index contributed by atoms with van der Waals surface area (Å²) < 4.78 is 6.27. The zero-order chi connectivity index (χ0) is 18.5. The van der Waals surface area contributed by atoms with E-state index >= 15 is 0 Å². The minimum Gasteiger partial charge on any atom is -0.504 e. The van der Waals surface area contributed by atoms with Gasteiger partial charge in [0.25, 0.3) is 0 Å². The molecule has 1 N–H and O–H groups in total. The van der Waals surface area contributed by atoms with E-state index in [1.54, 1.807) is 6.07 Å². The minimum absolute atomic E-state index is 0.0253. The maximum Gasteiger partial charge on any atom is 0.177 e. The number of hydrogen-bond donors (Lipinski definition) is 1. The van der Waals surface area contributed by atoms with Crippen molar-refractivity contribution in [2.75, 3.05) is 13.1 Å². The first-order chi connectivity index (χ1) is 13.0. The van der Waals surface area contributed by atoms with Crippen LogP contribution in [0.1, 0.15) is 50.7 Å². The van der Waals surface area contributed by atoms with E-state index in [2.05, 4.69) is 24.8 Å². The van der Waals surface area contributed by atoms with Gasteiger partial charge >= 0.3 is 0 Å². The number of likely N-dealkylation sites (tertiary alicyclic amines) is 1. The van der Waals surface area contributed by atoms with Gasteiger partial charge in [-0.3, -0.25) is 9.69 Å². The van der Waals surface area contributed by atoms with Crippen molar-refractivity contribution in [1.82, 2.24) is 4.90 Å². The fourth-order valence-electron chi connectivity index (χ4n) is 7.25. The number of Topliss-reactive ketones (excluding diaryl/α,β-unsaturated/α-hetero) is 1. The van der Waals surface area contributed by atoms with Gasteiger partial charge in [-0.2, -0.15) is 0 Å². The molecule has 0 aromatic heterocycles. The largest absolute Gasteiger partial charge is 0.504 e. The maximum absolute atomic E-state index is 13.3. The molecule has 3 aliphatic carbocycles. The summed E-state index contributed by atoms with van der Waals surface area (Å²) in [5.41, 5.74) is 2.27. The van der Waals surface area contributed by atoms with Crippen LogP contribution in [0.25, 0.3) is 0 Å². The Hall–Kier alpha value is -1.55. The van der Waals surface area contributed by atoms with Crippen LogP contribution in [-0.2, 0) is 16.6 Å². The summed E-state index contributed by atoms with van der Waals surface area (Å²) >= 11 is 0. The third kappa shape index (κ3) is 1.86. The molecule has 2 saturated carbocycles. The Labute approximate surface area is 160 Å². The summed E-state index contributed by atoms with van der Waals surface area (Å²) in [6.07, 6.45) is 5.76. The van der Waals surface area contributed by atoms with Gasteiger partial charge < -0.3 is 9.84 Å². The standard InChI is InChI=1S/C23H29NO3/c1-12-13(2)20(26)22-23-8-9-24(11-14-4-3-5-14)16(18(12)23)10-15-6-7-17(25)21(27-22)19(15)23/h6-7,12-14,16,18,22,25H,3-5,8-11H2,1-2H3/t12-,13-,16?,18?,22?,23?/m0/s1.